The van der Waals surface area contributed by atoms with Crippen molar-refractivity contribution in [3.63, 3.8) is 0 Å². The van der Waals surface area contributed by atoms with Gasteiger partial charge in [0.05, 0.1) is 11.4 Å². The zero-order valence-corrected chi connectivity index (χ0v) is 12.5. The van der Waals surface area contributed by atoms with Crippen LogP contribution in [0, 0.1) is 0 Å². The van der Waals surface area contributed by atoms with Gasteiger partial charge in [-0.15, -0.1) is 0 Å². The fourth-order valence-electron chi connectivity index (χ4n) is 2.48. The second-order valence-electron chi connectivity index (χ2n) is 4.89. The zero-order valence-electron chi connectivity index (χ0n) is 11.7. The van der Waals surface area contributed by atoms with Crippen molar-refractivity contribution >= 4 is 27.4 Å². The third kappa shape index (κ3) is 2.43. The lowest BCUT2D eigenvalue weighted by Gasteiger charge is -2.05. The van der Waals surface area contributed by atoms with E-state index in [2.05, 4.69) is 0 Å². The number of hydrogen-bond acceptors (Lipinski definition) is 3. The summed E-state index contributed by atoms with van der Waals surface area (Å²) in [5, 5.41) is 0. The first-order valence-electron chi connectivity index (χ1n) is 6.58. The van der Waals surface area contributed by atoms with Crippen LogP contribution < -0.4 is 0 Å². The molecule has 3 rings (SSSR count). The van der Waals surface area contributed by atoms with Crippen LogP contribution in [0.1, 0.15) is 18.1 Å². The Labute approximate surface area is 128 Å². The number of benzene rings is 2. The molecule has 0 saturated carbocycles. The lowest BCUT2D eigenvalue weighted by Crippen LogP contribution is -2.10. The predicted molar refractivity (Wildman–Crippen MR) is 82.0 cm³/mol. The van der Waals surface area contributed by atoms with Crippen LogP contribution in [-0.4, -0.2) is 23.8 Å². The Kier molecular flexibility index (Phi) is 3.35. The summed E-state index contributed by atoms with van der Waals surface area (Å²) in [5.41, 5.74) is 2.30. The quantitative estimate of drug-likeness (QED) is 0.884. The summed E-state index contributed by atoms with van der Waals surface area (Å²) in [6.45, 7) is 1.41. The van der Waals surface area contributed by atoms with Crippen LogP contribution in [0.25, 0.3) is 11.4 Å². The lowest BCUT2D eigenvalue weighted by molar-refractivity contribution is -0.122. The Hall–Kier alpha value is -2.44. The van der Waals surface area contributed by atoms with Crippen LogP contribution >= 0.6 is 0 Å². The summed E-state index contributed by atoms with van der Waals surface area (Å²) in [5.74, 6) is -0.209. The molecule has 0 radical (unpaired) electrons. The van der Waals surface area contributed by atoms with Gasteiger partial charge in [-0.3, -0.25) is 14.2 Å². The molecule has 0 spiro atoms. The molecule has 2 aromatic rings. The Bertz CT molecular complexity index is 885. The van der Waals surface area contributed by atoms with Crippen LogP contribution in [0.5, 0.6) is 0 Å². The van der Waals surface area contributed by atoms with Crippen molar-refractivity contribution in [3.05, 3.63) is 65.7 Å². The summed E-state index contributed by atoms with van der Waals surface area (Å²) in [7, 11) is -4.37. The van der Waals surface area contributed by atoms with E-state index in [1.165, 1.54) is 24.0 Å². The molecular formula is C16H13NO4S. The first-order valence-corrected chi connectivity index (χ1v) is 8.02. The van der Waals surface area contributed by atoms with Gasteiger partial charge in [0.25, 0.3) is 10.1 Å². The minimum absolute atomic E-state index is 0.206. The van der Waals surface area contributed by atoms with Gasteiger partial charge in [0.15, 0.2) is 0 Å². The van der Waals surface area contributed by atoms with Crippen molar-refractivity contribution < 1.29 is 17.8 Å². The maximum absolute atomic E-state index is 11.8. The van der Waals surface area contributed by atoms with Crippen LogP contribution in [0.2, 0.25) is 0 Å². The zero-order chi connectivity index (χ0) is 15.9. The van der Waals surface area contributed by atoms with Gasteiger partial charge in [-0.25, -0.2) is 0 Å². The molecule has 1 N–H and O–H groups in total. The second kappa shape index (κ2) is 5.08. The number of rotatable bonds is 3. The molecule has 1 heterocycles. The molecule has 22 heavy (non-hydrogen) atoms. The first kappa shape index (κ1) is 14.5. The molecular weight excluding hydrogens is 302 g/mol. The van der Waals surface area contributed by atoms with E-state index in [1.54, 1.807) is 12.1 Å². The molecule has 1 amide bonds. The highest BCUT2D eigenvalue weighted by Gasteiger charge is 2.40. The largest absolute Gasteiger partial charge is 0.295 e. The van der Waals surface area contributed by atoms with Crippen LogP contribution in [0.15, 0.2) is 59.5 Å². The molecule has 1 aliphatic heterocycles. The molecule has 0 fully saturated rings. The molecule has 0 atom stereocenters. The van der Waals surface area contributed by atoms with E-state index in [9.17, 15) is 17.8 Å². The Morgan fingerprint density at radius 1 is 0.955 bits per heavy atom. The maximum Gasteiger partial charge on any atom is 0.295 e. The number of amides is 1. The Morgan fingerprint density at radius 3 is 2.14 bits per heavy atom. The summed E-state index contributed by atoms with van der Waals surface area (Å²) >= 11 is 0. The molecule has 0 saturated heterocycles. The smallest absolute Gasteiger partial charge is 0.282 e. The van der Waals surface area contributed by atoms with E-state index in [-0.39, 0.29) is 10.8 Å². The van der Waals surface area contributed by atoms with Crippen molar-refractivity contribution in [1.29, 1.82) is 0 Å². The summed E-state index contributed by atoms with van der Waals surface area (Å²) in [6, 6.07) is 15.3. The summed E-state index contributed by atoms with van der Waals surface area (Å²) in [6.07, 6.45) is 0. The molecule has 0 bridgehead atoms. The first-order chi connectivity index (χ1) is 10.4. The third-order valence-electron chi connectivity index (χ3n) is 3.40. The average Bonchev–Trinajstić information content (AvgIpc) is 3.23. The fraction of sp³-hybridized carbons (Fsp3) is 0.0625. The molecule has 1 aliphatic rings. The monoisotopic (exact) mass is 315 g/mol. The topological polar surface area (TPSA) is 74.5 Å². The van der Waals surface area contributed by atoms with Crippen molar-refractivity contribution in [2.75, 3.05) is 0 Å². The normalized spacial score (nSPS) is 14.2. The standard InChI is InChI=1S/C16H13NO4S/c1-11(18)17-15(12-7-3-2-4-8-12)16(17)13-9-5-6-10-14(13)22(19,20)21/h2-10H,1H3,(H,19,20,21). The van der Waals surface area contributed by atoms with E-state index in [1.807, 2.05) is 30.3 Å². The average molecular weight is 315 g/mol. The van der Waals surface area contributed by atoms with Crippen molar-refractivity contribution in [1.82, 2.24) is 4.90 Å². The van der Waals surface area contributed by atoms with E-state index in [0.717, 1.165) is 5.56 Å². The molecule has 0 unspecified atom stereocenters. The van der Waals surface area contributed by atoms with Crippen LogP contribution in [0.3, 0.4) is 0 Å². The minimum Gasteiger partial charge on any atom is -0.282 e. The molecule has 112 valence electrons. The molecule has 2 aromatic carbocycles. The molecule has 0 aromatic heterocycles. The van der Waals surface area contributed by atoms with E-state index in [4.69, 9.17) is 0 Å². The Morgan fingerprint density at radius 2 is 1.55 bits per heavy atom. The number of hydrogen-bond donors (Lipinski definition) is 1. The number of carbonyl (C=O) groups excluding carboxylic acids is 1. The van der Waals surface area contributed by atoms with Crippen molar-refractivity contribution in [2.24, 2.45) is 0 Å². The van der Waals surface area contributed by atoms with Gasteiger partial charge in [-0.2, -0.15) is 8.42 Å². The molecule has 0 aliphatic carbocycles. The molecule has 6 heteroatoms. The van der Waals surface area contributed by atoms with Gasteiger partial charge in [-0.05, 0) is 6.07 Å². The van der Waals surface area contributed by atoms with Gasteiger partial charge in [0.2, 0.25) is 5.91 Å². The Balaban J connectivity index is 2.19. The van der Waals surface area contributed by atoms with Crippen molar-refractivity contribution in [2.45, 2.75) is 11.8 Å². The minimum atomic E-state index is -4.37. The van der Waals surface area contributed by atoms with Gasteiger partial charge in [-0.1, -0.05) is 48.5 Å². The van der Waals surface area contributed by atoms with Crippen LogP contribution in [-0.2, 0) is 14.9 Å². The molecule has 5 nitrogen and oxygen atoms in total. The van der Waals surface area contributed by atoms with E-state index < -0.39 is 10.1 Å². The summed E-state index contributed by atoms with van der Waals surface area (Å²) < 4.78 is 32.4. The van der Waals surface area contributed by atoms with E-state index in [0.29, 0.717) is 17.0 Å². The van der Waals surface area contributed by atoms with Gasteiger partial charge in [0.1, 0.15) is 4.90 Å². The van der Waals surface area contributed by atoms with Gasteiger partial charge < -0.3 is 0 Å². The van der Waals surface area contributed by atoms with E-state index >= 15 is 0 Å². The highest BCUT2D eigenvalue weighted by Crippen LogP contribution is 2.48. The second-order valence-corrected chi connectivity index (χ2v) is 6.28. The highest BCUT2D eigenvalue weighted by molar-refractivity contribution is 7.86. The van der Waals surface area contributed by atoms with Crippen LogP contribution in [0.4, 0.5) is 0 Å². The lowest BCUT2D eigenvalue weighted by atomic mass is 10.1. The third-order valence-corrected chi connectivity index (χ3v) is 4.32. The van der Waals surface area contributed by atoms with Gasteiger partial charge in [0, 0.05) is 18.1 Å². The highest BCUT2D eigenvalue weighted by atomic mass is 32.2. The number of carbonyl (C=O) groups is 1. The number of nitrogens with zero attached hydrogens (tertiary/aromatic N) is 1. The summed E-state index contributed by atoms with van der Waals surface area (Å²) in [4.78, 5) is 13.0. The fourth-order valence-corrected chi connectivity index (χ4v) is 3.17. The maximum atomic E-state index is 11.8. The van der Waals surface area contributed by atoms with Crippen molar-refractivity contribution in [3.8, 4) is 0 Å². The SMILES string of the molecule is CC(=O)N1C(c2ccccc2)=C1c1ccccc1S(=O)(=O)O. The predicted octanol–water partition coefficient (Wildman–Crippen LogP) is 2.62. The van der Waals surface area contributed by atoms with Gasteiger partial charge >= 0.3 is 0 Å².